The van der Waals surface area contributed by atoms with E-state index >= 15 is 0 Å². The lowest BCUT2D eigenvalue weighted by Gasteiger charge is -2.60. The summed E-state index contributed by atoms with van der Waals surface area (Å²) in [5, 5.41) is 21.2. The number of rotatable bonds is 4. The molecular weight excluding hydrogens is 384 g/mol. The first-order valence-corrected chi connectivity index (χ1v) is 11.4. The van der Waals surface area contributed by atoms with Crippen molar-refractivity contribution >= 4 is 17.5 Å². The van der Waals surface area contributed by atoms with Gasteiger partial charge in [0.1, 0.15) is 6.61 Å². The fourth-order valence-electron chi connectivity index (χ4n) is 7.75. The summed E-state index contributed by atoms with van der Waals surface area (Å²) in [7, 11) is 0. The number of ether oxygens (including phenoxy) is 1. The molecule has 0 unspecified atom stereocenters. The monoisotopic (exact) mass is 418 g/mol. The number of ketones is 2. The van der Waals surface area contributed by atoms with Gasteiger partial charge in [0.2, 0.25) is 5.78 Å². The lowest BCUT2D eigenvalue weighted by Crippen LogP contribution is -2.63. The topological polar surface area (TPSA) is 101 Å². The summed E-state index contributed by atoms with van der Waals surface area (Å²) in [6, 6.07) is 0. The Morgan fingerprint density at radius 2 is 1.93 bits per heavy atom. The van der Waals surface area contributed by atoms with Crippen LogP contribution >= 0.6 is 0 Å². The van der Waals surface area contributed by atoms with Gasteiger partial charge >= 0.3 is 5.97 Å². The minimum atomic E-state index is -1.37. The van der Waals surface area contributed by atoms with Gasteiger partial charge in [0.05, 0.1) is 6.10 Å². The van der Waals surface area contributed by atoms with Gasteiger partial charge in [0.15, 0.2) is 11.4 Å². The Labute approximate surface area is 178 Å². The number of aliphatic hydroxyl groups excluding tert-OH is 2. The molecule has 0 heterocycles. The third-order valence-corrected chi connectivity index (χ3v) is 9.19. The second-order valence-corrected chi connectivity index (χ2v) is 10.4. The van der Waals surface area contributed by atoms with Crippen LogP contribution in [0.4, 0.5) is 0 Å². The first-order chi connectivity index (χ1) is 14.1. The van der Waals surface area contributed by atoms with Crippen LogP contribution < -0.4 is 0 Å². The molecular formula is C24H34O6. The van der Waals surface area contributed by atoms with E-state index in [1.807, 2.05) is 6.92 Å². The summed E-state index contributed by atoms with van der Waals surface area (Å²) < 4.78 is 5.83. The number of Topliss-reactive ketones (excluding diaryl/α,β-unsaturated/α-hetero) is 1. The number of carbonyl (C=O) groups is 3. The minimum Gasteiger partial charge on any atom is -0.450 e. The number of fused-ring (bicyclic) bond motifs is 5. The number of esters is 1. The van der Waals surface area contributed by atoms with Crippen molar-refractivity contribution in [2.24, 2.45) is 28.6 Å². The van der Waals surface area contributed by atoms with Gasteiger partial charge in [-0.25, -0.2) is 0 Å². The summed E-state index contributed by atoms with van der Waals surface area (Å²) in [5.74, 6) is -0.362. The number of allylic oxidation sites excluding steroid dienone is 1. The van der Waals surface area contributed by atoms with Gasteiger partial charge in [-0.2, -0.15) is 0 Å². The van der Waals surface area contributed by atoms with Gasteiger partial charge in [-0.15, -0.1) is 0 Å². The Bertz CT molecular complexity index is 802. The van der Waals surface area contributed by atoms with Crippen LogP contribution in [0.1, 0.15) is 72.1 Å². The van der Waals surface area contributed by atoms with Crippen LogP contribution in [0.5, 0.6) is 0 Å². The maximum atomic E-state index is 13.0. The van der Waals surface area contributed by atoms with E-state index in [4.69, 9.17) is 4.74 Å². The molecule has 0 spiro atoms. The summed E-state index contributed by atoms with van der Waals surface area (Å²) in [6.07, 6.45) is 5.77. The third kappa shape index (κ3) is 2.79. The van der Waals surface area contributed by atoms with Crippen molar-refractivity contribution in [1.82, 2.24) is 0 Å². The van der Waals surface area contributed by atoms with E-state index in [-0.39, 0.29) is 35.4 Å². The Hall–Kier alpha value is -1.53. The van der Waals surface area contributed by atoms with Crippen molar-refractivity contribution in [2.75, 3.05) is 6.61 Å². The van der Waals surface area contributed by atoms with Crippen molar-refractivity contribution < 1.29 is 29.3 Å². The molecule has 0 amide bonds. The molecule has 0 aromatic rings. The maximum Gasteiger partial charge on any atom is 0.306 e. The molecule has 6 nitrogen and oxygen atoms in total. The quantitative estimate of drug-likeness (QED) is 0.681. The highest BCUT2D eigenvalue weighted by Gasteiger charge is 2.70. The predicted octanol–water partition coefficient (Wildman–Crippen LogP) is 2.74. The summed E-state index contributed by atoms with van der Waals surface area (Å²) in [4.78, 5) is 37.3. The molecule has 0 radical (unpaired) electrons. The highest BCUT2D eigenvalue weighted by Crippen LogP contribution is 2.68. The normalized spacial score (nSPS) is 45.1. The Morgan fingerprint density at radius 3 is 2.60 bits per heavy atom. The van der Waals surface area contributed by atoms with Gasteiger partial charge in [0, 0.05) is 18.3 Å². The van der Waals surface area contributed by atoms with Gasteiger partial charge < -0.3 is 14.9 Å². The molecule has 4 aliphatic carbocycles. The average molecular weight is 419 g/mol. The second-order valence-electron chi connectivity index (χ2n) is 10.4. The van der Waals surface area contributed by atoms with Crippen molar-refractivity contribution in [3.63, 3.8) is 0 Å². The first kappa shape index (κ1) is 21.7. The lowest BCUT2D eigenvalue weighted by atomic mass is 9.45. The number of aliphatic hydroxyl groups is 2. The van der Waals surface area contributed by atoms with Gasteiger partial charge in [-0.05, 0) is 67.8 Å². The molecule has 0 bridgehead atoms. The Balaban J connectivity index is 1.75. The fourth-order valence-corrected chi connectivity index (χ4v) is 7.75. The van der Waals surface area contributed by atoms with Crippen molar-refractivity contribution in [3.05, 3.63) is 11.6 Å². The SMILES string of the molecule is CCC(=O)O[C@]1(C(=O)CO)CC[C@@H]2[C@@H]3CCC4=CC(=O)CC[C@]4(C)[C@@H]3[C@H](O)C[C@]21C. The largest absolute Gasteiger partial charge is 0.450 e. The van der Waals surface area contributed by atoms with E-state index in [9.17, 15) is 24.6 Å². The highest BCUT2D eigenvalue weighted by molar-refractivity contribution is 5.92. The second kappa shape index (κ2) is 7.27. The van der Waals surface area contributed by atoms with Crippen molar-refractivity contribution in [1.29, 1.82) is 0 Å². The predicted molar refractivity (Wildman–Crippen MR) is 109 cm³/mol. The first-order valence-electron chi connectivity index (χ1n) is 11.4. The molecule has 30 heavy (non-hydrogen) atoms. The molecule has 0 aliphatic heterocycles. The van der Waals surface area contributed by atoms with Crippen LogP contribution in [0, 0.1) is 28.6 Å². The molecule has 4 aliphatic rings. The number of carbonyl (C=O) groups excluding carboxylic acids is 3. The molecule has 3 saturated carbocycles. The van der Waals surface area contributed by atoms with Gasteiger partial charge in [-0.3, -0.25) is 14.4 Å². The van der Waals surface area contributed by atoms with Crippen LogP contribution in [0.25, 0.3) is 0 Å². The zero-order chi connectivity index (χ0) is 21.9. The zero-order valence-electron chi connectivity index (χ0n) is 18.3. The Kier molecular flexibility index (Phi) is 5.25. The average Bonchev–Trinajstić information content (AvgIpc) is 3.00. The van der Waals surface area contributed by atoms with Crippen LogP contribution in [0.2, 0.25) is 0 Å². The summed E-state index contributed by atoms with van der Waals surface area (Å²) in [6.45, 7) is 5.18. The van der Waals surface area contributed by atoms with Gasteiger partial charge in [-0.1, -0.05) is 26.3 Å². The lowest BCUT2D eigenvalue weighted by molar-refractivity contribution is -0.202. The summed E-state index contributed by atoms with van der Waals surface area (Å²) >= 11 is 0. The van der Waals surface area contributed by atoms with E-state index in [1.165, 1.54) is 0 Å². The van der Waals surface area contributed by atoms with E-state index in [2.05, 4.69) is 6.92 Å². The molecule has 166 valence electrons. The number of hydrogen-bond donors (Lipinski definition) is 2. The van der Waals surface area contributed by atoms with E-state index in [0.717, 1.165) is 31.3 Å². The van der Waals surface area contributed by atoms with Crippen LogP contribution in [0.3, 0.4) is 0 Å². The smallest absolute Gasteiger partial charge is 0.306 e. The zero-order valence-corrected chi connectivity index (χ0v) is 18.3. The van der Waals surface area contributed by atoms with E-state index < -0.39 is 35.5 Å². The molecule has 0 saturated heterocycles. The maximum absolute atomic E-state index is 13.0. The van der Waals surface area contributed by atoms with Crippen LogP contribution in [0.15, 0.2) is 11.6 Å². The highest BCUT2D eigenvalue weighted by atomic mass is 16.6. The minimum absolute atomic E-state index is 0.0329. The Morgan fingerprint density at radius 1 is 1.20 bits per heavy atom. The standard InChI is InChI=1S/C24H34O6/c1-4-20(29)30-24(19(28)13-25)10-8-17-16-6-5-14-11-15(26)7-9-22(14,2)21(16)18(27)12-23(17,24)3/h11,16-18,21,25,27H,4-10,12-13H2,1-3H3/t16-,17+,18+,21-,22-,23+,24-/m0/s1. The molecule has 7 atom stereocenters. The van der Waals surface area contributed by atoms with Crippen molar-refractivity contribution in [2.45, 2.75) is 83.8 Å². The summed E-state index contributed by atoms with van der Waals surface area (Å²) in [5.41, 5.74) is -1.12. The molecule has 2 N–H and O–H groups in total. The molecule has 0 aromatic heterocycles. The van der Waals surface area contributed by atoms with E-state index in [1.54, 1.807) is 13.0 Å². The molecule has 6 heteroatoms. The third-order valence-electron chi connectivity index (χ3n) is 9.19. The van der Waals surface area contributed by atoms with Crippen LogP contribution in [-0.4, -0.2) is 46.1 Å². The van der Waals surface area contributed by atoms with Crippen molar-refractivity contribution in [3.8, 4) is 0 Å². The fraction of sp³-hybridized carbons (Fsp3) is 0.792. The van der Waals surface area contributed by atoms with E-state index in [0.29, 0.717) is 19.3 Å². The van der Waals surface area contributed by atoms with Crippen LogP contribution in [-0.2, 0) is 19.1 Å². The molecule has 3 fully saturated rings. The van der Waals surface area contributed by atoms with Gasteiger partial charge in [0.25, 0.3) is 0 Å². The molecule has 4 rings (SSSR count). The number of hydrogen-bond acceptors (Lipinski definition) is 6. The molecule has 0 aromatic carbocycles.